The molecule has 1 rings (SSSR count). The maximum absolute atomic E-state index is 10.7. The standard InChI is InChI=1S/C8H15NO6S/c10-4-1-15-7(6(12)5(4)11)9-3(2-16)8(13)14/h3-7,9-12,16H,1-2H2,(H,13,14)/t3-,4+,5+,6-,7?/m0/s1. The van der Waals surface area contributed by atoms with Crippen LogP contribution in [0.2, 0.25) is 0 Å². The number of ether oxygens (including phenoxy) is 1. The van der Waals surface area contributed by atoms with Gasteiger partial charge in [-0.3, -0.25) is 10.1 Å². The molecule has 1 aliphatic rings. The summed E-state index contributed by atoms with van der Waals surface area (Å²) in [6, 6.07) is -0.995. The first-order chi connectivity index (χ1) is 7.47. The van der Waals surface area contributed by atoms with Crippen LogP contribution in [0.1, 0.15) is 0 Å². The van der Waals surface area contributed by atoms with Gasteiger partial charge in [0.25, 0.3) is 0 Å². The summed E-state index contributed by atoms with van der Waals surface area (Å²) in [6.07, 6.45) is -4.95. The smallest absolute Gasteiger partial charge is 0.321 e. The van der Waals surface area contributed by atoms with Crippen molar-refractivity contribution in [2.45, 2.75) is 30.6 Å². The van der Waals surface area contributed by atoms with E-state index >= 15 is 0 Å². The highest BCUT2D eigenvalue weighted by atomic mass is 32.1. The second-order valence-electron chi connectivity index (χ2n) is 3.54. The number of hydrogen-bond acceptors (Lipinski definition) is 7. The fourth-order valence-corrected chi connectivity index (χ4v) is 1.61. The number of carboxylic acid groups (broad SMARTS) is 1. The lowest BCUT2D eigenvalue weighted by atomic mass is 10.0. The van der Waals surface area contributed by atoms with E-state index in [0.717, 1.165) is 0 Å². The summed E-state index contributed by atoms with van der Waals surface area (Å²) in [5.41, 5.74) is 0. The van der Waals surface area contributed by atoms with Crippen molar-refractivity contribution >= 4 is 18.6 Å². The lowest BCUT2D eigenvalue weighted by molar-refractivity contribution is -0.198. The number of aliphatic carboxylic acids is 1. The molecule has 8 heteroatoms. The molecule has 16 heavy (non-hydrogen) atoms. The van der Waals surface area contributed by atoms with Crippen LogP contribution in [0.15, 0.2) is 0 Å². The van der Waals surface area contributed by atoms with Crippen LogP contribution in [0.4, 0.5) is 0 Å². The number of aliphatic hydroxyl groups excluding tert-OH is 3. The van der Waals surface area contributed by atoms with Gasteiger partial charge in [-0.2, -0.15) is 12.6 Å². The summed E-state index contributed by atoms with van der Waals surface area (Å²) in [7, 11) is 0. The molecule has 1 aliphatic heterocycles. The molecule has 5 N–H and O–H groups in total. The molecule has 0 spiro atoms. The second kappa shape index (κ2) is 5.80. The summed E-state index contributed by atoms with van der Waals surface area (Å²) in [5.74, 6) is -1.12. The molecule has 94 valence electrons. The van der Waals surface area contributed by atoms with Crippen molar-refractivity contribution in [3.05, 3.63) is 0 Å². The van der Waals surface area contributed by atoms with Crippen LogP contribution < -0.4 is 5.32 Å². The van der Waals surface area contributed by atoms with Gasteiger partial charge in [0.05, 0.1) is 6.61 Å². The van der Waals surface area contributed by atoms with Crippen molar-refractivity contribution in [2.24, 2.45) is 0 Å². The minimum atomic E-state index is -1.38. The maximum atomic E-state index is 10.7. The molecule has 0 aliphatic carbocycles. The van der Waals surface area contributed by atoms with E-state index < -0.39 is 36.6 Å². The third kappa shape index (κ3) is 3.06. The van der Waals surface area contributed by atoms with E-state index in [2.05, 4.69) is 17.9 Å². The van der Waals surface area contributed by atoms with Crippen LogP contribution in [0.5, 0.6) is 0 Å². The zero-order valence-corrected chi connectivity index (χ0v) is 9.25. The molecule has 1 heterocycles. The Kier molecular flexibility index (Phi) is 4.96. The Morgan fingerprint density at radius 3 is 2.56 bits per heavy atom. The van der Waals surface area contributed by atoms with Gasteiger partial charge in [0.2, 0.25) is 0 Å². The third-order valence-corrected chi connectivity index (χ3v) is 2.71. The Morgan fingerprint density at radius 2 is 2.06 bits per heavy atom. The largest absolute Gasteiger partial charge is 0.480 e. The van der Waals surface area contributed by atoms with Gasteiger partial charge in [-0.1, -0.05) is 0 Å². The number of carbonyl (C=O) groups is 1. The molecule has 0 bridgehead atoms. The van der Waals surface area contributed by atoms with E-state index in [9.17, 15) is 20.1 Å². The van der Waals surface area contributed by atoms with E-state index in [0.29, 0.717) is 0 Å². The maximum Gasteiger partial charge on any atom is 0.321 e. The molecule has 0 aromatic rings. The fraction of sp³-hybridized carbons (Fsp3) is 0.875. The number of rotatable bonds is 4. The highest BCUT2D eigenvalue weighted by Gasteiger charge is 2.38. The van der Waals surface area contributed by atoms with E-state index in [-0.39, 0.29) is 12.4 Å². The Morgan fingerprint density at radius 1 is 1.44 bits per heavy atom. The number of thiol groups is 1. The summed E-state index contributed by atoms with van der Waals surface area (Å²) >= 11 is 3.83. The Bertz CT molecular complexity index is 253. The minimum Gasteiger partial charge on any atom is -0.480 e. The van der Waals surface area contributed by atoms with Crippen molar-refractivity contribution in [1.82, 2.24) is 5.32 Å². The van der Waals surface area contributed by atoms with Gasteiger partial charge in [-0.15, -0.1) is 0 Å². The van der Waals surface area contributed by atoms with Gasteiger partial charge in [0.15, 0.2) is 0 Å². The van der Waals surface area contributed by atoms with Gasteiger partial charge in [0, 0.05) is 5.75 Å². The van der Waals surface area contributed by atoms with Crippen molar-refractivity contribution in [2.75, 3.05) is 12.4 Å². The van der Waals surface area contributed by atoms with Gasteiger partial charge in [0.1, 0.15) is 30.6 Å². The number of carboxylic acids is 1. The van der Waals surface area contributed by atoms with E-state index in [1.807, 2.05) is 0 Å². The topological polar surface area (TPSA) is 119 Å². The molecule has 1 fully saturated rings. The third-order valence-electron chi connectivity index (χ3n) is 2.35. The summed E-state index contributed by atoms with van der Waals surface area (Å²) in [5, 5.41) is 39.3. The predicted octanol–water partition coefficient (Wildman–Crippen LogP) is -2.60. The monoisotopic (exact) mass is 253 g/mol. The van der Waals surface area contributed by atoms with Crippen molar-refractivity contribution in [3.8, 4) is 0 Å². The highest BCUT2D eigenvalue weighted by Crippen LogP contribution is 2.14. The minimum absolute atomic E-state index is 0.0144. The van der Waals surface area contributed by atoms with Crippen molar-refractivity contribution < 1.29 is 30.0 Å². The molecule has 0 radical (unpaired) electrons. The van der Waals surface area contributed by atoms with Gasteiger partial charge in [-0.05, 0) is 0 Å². The molecule has 0 saturated carbocycles. The lowest BCUT2D eigenvalue weighted by Crippen LogP contribution is -2.61. The Balaban J connectivity index is 2.57. The first-order valence-electron chi connectivity index (χ1n) is 4.73. The molecule has 1 unspecified atom stereocenters. The normalized spacial score (nSPS) is 37.0. The molecule has 0 amide bonds. The Labute approximate surface area is 97.4 Å². The predicted molar refractivity (Wildman–Crippen MR) is 56.2 cm³/mol. The van der Waals surface area contributed by atoms with E-state index in [1.165, 1.54) is 0 Å². The molecule has 0 aromatic heterocycles. The van der Waals surface area contributed by atoms with Crippen LogP contribution in [-0.4, -0.2) is 69.3 Å². The summed E-state index contributed by atoms with van der Waals surface area (Å²) < 4.78 is 4.99. The van der Waals surface area contributed by atoms with Crippen LogP contribution in [0.3, 0.4) is 0 Å². The quantitative estimate of drug-likeness (QED) is 0.304. The highest BCUT2D eigenvalue weighted by molar-refractivity contribution is 7.80. The van der Waals surface area contributed by atoms with Gasteiger partial charge in [-0.25, -0.2) is 0 Å². The van der Waals surface area contributed by atoms with Crippen LogP contribution in [0, 0.1) is 0 Å². The molecule has 0 aromatic carbocycles. The number of aliphatic hydroxyl groups is 3. The number of nitrogens with one attached hydrogen (secondary N) is 1. The summed E-state index contributed by atoms with van der Waals surface area (Å²) in [4.78, 5) is 10.7. The van der Waals surface area contributed by atoms with Crippen molar-refractivity contribution in [1.29, 1.82) is 0 Å². The zero-order chi connectivity index (χ0) is 12.3. The fourth-order valence-electron chi connectivity index (χ4n) is 1.35. The van der Waals surface area contributed by atoms with E-state index in [1.54, 1.807) is 0 Å². The van der Waals surface area contributed by atoms with Crippen LogP contribution in [-0.2, 0) is 9.53 Å². The van der Waals surface area contributed by atoms with Crippen LogP contribution in [0.25, 0.3) is 0 Å². The van der Waals surface area contributed by atoms with Gasteiger partial charge < -0.3 is 25.2 Å². The van der Waals surface area contributed by atoms with Crippen LogP contribution >= 0.6 is 12.6 Å². The molecule has 7 nitrogen and oxygen atoms in total. The molecular formula is C8H15NO6S. The molecular weight excluding hydrogens is 238 g/mol. The second-order valence-corrected chi connectivity index (χ2v) is 3.91. The van der Waals surface area contributed by atoms with Crippen molar-refractivity contribution in [3.63, 3.8) is 0 Å². The Hall–Kier alpha value is -0.380. The molecule has 5 atom stereocenters. The number of hydrogen-bond donors (Lipinski definition) is 6. The van der Waals surface area contributed by atoms with Gasteiger partial charge >= 0.3 is 5.97 Å². The SMILES string of the molecule is O=C(O)[C@H](CS)NC1OC[C@@H](O)[C@@H](O)[C@@H]1O. The average molecular weight is 253 g/mol. The average Bonchev–Trinajstić information content (AvgIpc) is 2.25. The lowest BCUT2D eigenvalue weighted by Gasteiger charge is -2.36. The zero-order valence-electron chi connectivity index (χ0n) is 8.35. The first-order valence-corrected chi connectivity index (χ1v) is 5.36. The van der Waals surface area contributed by atoms with E-state index in [4.69, 9.17) is 9.84 Å². The molecule has 1 saturated heterocycles. The first kappa shape index (κ1) is 13.7. The summed E-state index contributed by atoms with van der Waals surface area (Å²) in [6.45, 7) is -0.172.